The molecule has 2 rings (SSSR count). The Morgan fingerprint density at radius 3 is 2.63 bits per heavy atom. The van der Waals surface area contributed by atoms with E-state index in [1.807, 2.05) is 11.0 Å². The van der Waals surface area contributed by atoms with Gasteiger partial charge in [-0.1, -0.05) is 26.0 Å². The van der Waals surface area contributed by atoms with Crippen LogP contribution in [0.15, 0.2) is 18.2 Å². The highest BCUT2D eigenvalue weighted by Gasteiger charge is 2.33. The Morgan fingerprint density at radius 1 is 1.32 bits per heavy atom. The molecular weight excluding hydrogens is 238 g/mol. The minimum Gasteiger partial charge on any atom is -0.330 e. The van der Waals surface area contributed by atoms with Gasteiger partial charge in [0.15, 0.2) is 0 Å². The van der Waals surface area contributed by atoms with E-state index in [2.05, 4.69) is 26.0 Å². The zero-order valence-electron chi connectivity index (χ0n) is 11.7. The zero-order chi connectivity index (χ0) is 14.0. The van der Waals surface area contributed by atoms with E-state index >= 15 is 0 Å². The lowest BCUT2D eigenvalue weighted by atomic mass is 10.0. The fourth-order valence-electron chi connectivity index (χ4n) is 2.76. The number of fused-ring (bicyclic) bond motifs is 1. The number of carbonyl (C=O) groups is 1. The molecule has 1 aliphatic heterocycles. The van der Waals surface area contributed by atoms with Gasteiger partial charge in [0, 0.05) is 12.2 Å². The van der Waals surface area contributed by atoms with E-state index < -0.39 is 0 Å². The van der Waals surface area contributed by atoms with Gasteiger partial charge in [-0.05, 0) is 36.1 Å². The lowest BCUT2D eigenvalue weighted by Gasteiger charge is -2.30. The molecule has 0 spiro atoms. The zero-order valence-corrected chi connectivity index (χ0v) is 11.7. The third-order valence-corrected chi connectivity index (χ3v) is 3.79. The number of hydrogen-bond donors (Lipinski definition) is 2. The van der Waals surface area contributed by atoms with Crippen molar-refractivity contribution in [2.45, 2.75) is 32.7 Å². The molecule has 4 N–H and O–H groups in total. The van der Waals surface area contributed by atoms with Crippen LogP contribution in [-0.2, 0) is 17.6 Å². The summed E-state index contributed by atoms with van der Waals surface area (Å²) in [6, 6.07) is 6.28. The average Bonchev–Trinajstić information content (AvgIpc) is 2.67. The molecule has 1 heterocycles. The molecule has 0 fully saturated rings. The number of nitrogens with two attached hydrogens (primary N) is 2. The fraction of sp³-hybridized carbons (Fsp3) is 0.533. The van der Waals surface area contributed by atoms with E-state index in [0.29, 0.717) is 25.4 Å². The van der Waals surface area contributed by atoms with Crippen molar-refractivity contribution in [2.24, 2.45) is 17.4 Å². The van der Waals surface area contributed by atoms with E-state index in [1.54, 1.807) is 0 Å². The van der Waals surface area contributed by atoms with Gasteiger partial charge in [-0.15, -0.1) is 0 Å². The Balaban J connectivity index is 2.33. The average molecular weight is 261 g/mol. The summed E-state index contributed by atoms with van der Waals surface area (Å²) in [7, 11) is 0. The summed E-state index contributed by atoms with van der Waals surface area (Å²) in [4.78, 5) is 14.1. The van der Waals surface area contributed by atoms with Crippen molar-refractivity contribution in [3.8, 4) is 0 Å². The van der Waals surface area contributed by atoms with Crippen LogP contribution >= 0.6 is 0 Å². The highest BCUT2D eigenvalue weighted by molar-refractivity contribution is 6.02. The molecule has 1 aromatic carbocycles. The van der Waals surface area contributed by atoms with E-state index in [-0.39, 0.29) is 11.9 Å². The number of anilines is 1. The summed E-state index contributed by atoms with van der Waals surface area (Å²) in [5, 5.41) is 0. The van der Waals surface area contributed by atoms with Crippen molar-refractivity contribution in [3.05, 3.63) is 29.3 Å². The van der Waals surface area contributed by atoms with Gasteiger partial charge in [0.2, 0.25) is 5.91 Å². The Bertz CT molecular complexity index is 470. The van der Waals surface area contributed by atoms with Crippen LogP contribution in [0.4, 0.5) is 5.69 Å². The van der Waals surface area contributed by atoms with Crippen molar-refractivity contribution < 1.29 is 4.79 Å². The molecule has 19 heavy (non-hydrogen) atoms. The highest BCUT2D eigenvalue weighted by atomic mass is 16.2. The summed E-state index contributed by atoms with van der Waals surface area (Å²) in [5.41, 5.74) is 14.7. The Labute approximate surface area is 114 Å². The maximum absolute atomic E-state index is 12.3. The quantitative estimate of drug-likeness (QED) is 0.832. The summed E-state index contributed by atoms with van der Waals surface area (Å²) < 4.78 is 0. The third kappa shape index (κ3) is 2.65. The van der Waals surface area contributed by atoms with Crippen LogP contribution < -0.4 is 16.4 Å². The van der Waals surface area contributed by atoms with Gasteiger partial charge in [0.1, 0.15) is 0 Å². The highest BCUT2D eigenvalue weighted by Crippen LogP contribution is 2.33. The normalized spacial score (nSPS) is 16.1. The van der Waals surface area contributed by atoms with Crippen LogP contribution in [0.2, 0.25) is 0 Å². The van der Waals surface area contributed by atoms with Gasteiger partial charge in [-0.2, -0.15) is 0 Å². The van der Waals surface area contributed by atoms with E-state index in [9.17, 15) is 4.79 Å². The number of nitrogens with zero attached hydrogens (tertiary/aromatic N) is 1. The molecule has 1 amide bonds. The van der Waals surface area contributed by atoms with Gasteiger partial charge in [-0.25, -0.2) is 0 Å². The van der Waals surface area contributed by atoms with Crippen molar-refractivity contribution in [1.29, 1.82) is 0 Å². The van der Waals surface area contributed by atoms with Crippen LogP contribution in [0, 0.1) is 5.92 Å². The second-order valence-electron chi connectivity index (χ2n) is 5.49. The van der Waals surface area contributed by atoms with Crippen molar-refractivity contribution in [3.63, 3.8) is 0 Å². The maximum Gasteiger partial charge on any atom is 0.231 e. The monoisotopic (exact) mass is 261 g/mol. The first-order chi connectivity index (χ1) is 9.08. The smallest absolute Gasteiger partial charge is 0.231 e. The lowest BCUT2D eigenvalue weighted by Crippen LogP contribution is -2.46. The summed E-state index contributed by atoms with van der Waals surface area (Å²) in [6.45, 7) is 5.33. The predicted molar refractivity (Wildman–Crippen MR) is 78.1 cm³/mol. The summed E-state index contributed by atoms with van der Waals surface area (Å²) in [5.74, 6) is 0.507. The van der Waals surface area contributed by atoms with Crippen LogP contribution in [0.5, 0.6) is 0 Å². The first kappa shape index (κ1) is 14.0. The largest absolute Gasteiger partial charge is 0.330 e. The van der Waals surface area contributed by atoms with E-state index in [0.717, 1.165) is 17.7 Å². The Morgan fingerprint density at radius 2 is 2.05 bits per heavy atom. The van der Waals surface area contributed by atoms with Gasteiger partial charge in [-0.3, -0.25) is 4.79 Å². The van der Waals surface area contributed by atoms with Gasteiger partial charge >= 0.3 is 0 Å². The molecule has 0 saturated heterocycles. The number of amides is 1. The Kier molecular flexibility index (Phi) is 4.22. The second kappa shape index (κ2) is 5.72. The molecule has 1 aliphatic rings. The molecule has 0 aromatic heterocycles. The molecule has 4 nitrogen and oxygen atoms in total. The summed E-state index contributed by atoms with van der Waals surface area (Å²) in [6.07, 6.45) is 1.34. The molecule has 1 unspecified atom stereocenters. The van der Waals surface area contributed by atoms with Crippen molar-refractivity contribution in [1.82, 2.24) is 0 Å². The first-order valence-electron chi connectivity index (χ1n) is 6.92. The molecule has 0 aliphatic carbocycles. The van der Waals surface area contributed by atoms with Gasteiger partial charge < -0.3 is 16.4 Å². The maximum atomic E-state index is 12.3. The SMILES string of the molecule is CC(C)C(CN)N1C(=O)Cc2cc(CCN)ccc21. The second-order valence-corrected chi connectivity index (χ2v) is 5.49. The summed E-state index contributed by atoms with van der Waals surface area (Å²) >= 11 is 0. The van der Waals surface area contributed by atoms with Crippen molar-refractivity contribution in [2.75, 3.05) is 18.0 Å². The number of carbonyl (C=O) groups excluding carboxylic acids is 1. The topological polar surface area (TPSA) is 72.3 Å². The predicted octanol–water partition coefficient (Wildman–Crippen LogP) is 1.06. The molecule has 1 aromatic rings. The first-order valence-corrected chi connectivity index (χ1v) is 6.92. The van der Waals surface area contributed by atoms with Crippen LogP contribution in [0.25, 0.3) is 0 Å². The van der Waals surface area contributed by atoms with Crippen LogP contribution in [-0.4, -0.2) is 25.0 Å². The molecule has 4 heteroatoms. The molecule has 1 atom stereocenters. The van der Waals surface area contributed by atoms with Gasteiger partial charge in [0.05, 0.1) is 12.5 Å². The fourth-order valence-corrected chi connectivity index (χ4v) is 2.76. The van der Waals surface area contributed by atoms with Gasteiger partial charge in [0.25, 0.3) is 0 Å². The van der Waals surface area contributed by atoms with Crippen LogP contribution in [0.1, 0.15) is 25.0 Å². The number of rotatable bonds is 5. The van der Waals surface area contributed by atoms with E-state index in [1.165, 1.54) is 5.56 Å². The van der Waals surface area contributed by atoms with E-state index in [4.69, 9.17) is 11.5 Å². The molecular formula is C15H23N3O. The Hall–Kier alpha value is -1.39. The molecule has 0 bridgehead atoms. The number of benzene rings is 1. The lowest BCUT2D eigenvalue weighted by molar-refractivity contribution is -0.118. The minimum atomic E-state index is 0.0779. The van der Waals surface area contributed by atoms with Crippen LogP contribution in [0.3, 0.4) is 0 Å². The minimum absolute atomic E-state index is 0.0779. The molecule has 0 radical (unpaired) electrons. The van der Waals surface area contributed by atoms with Crippen molar-refractivity contribution >= 4 is 11.6 Å². The molecule has 104 valence electrons. The number of hydrogen-bond acceptors (Lipinski definition) is 3. The standard InChI is InChI=1S/C15H23N3O/c1-10(2)14(9-17)18-13-4-3-11(5-6-16)7-12(13)8-15(18)19/h3-4,7,10,14H,5-6,8-9,16-17H2,1-2H3. The third-order valence-electron chi connectivity index (χ3n) is 3.79. The molecule has 0 saturated carbocycles.